The first-order chi connectivity index (χ1) is 8.85. The highest BCUT2D eigenvalue weighted by Gasteiger charge is 2.33. The van der Waals surface area contributed by atoms with E-state index in [1.54, 1.807) is 6.92 Å². The summed E-state index contributed by atoms with van der Waals surface area (Å²) in [6.45, 7) is 1.30. The second-order valence-electron chi connectivity index (χ2n) is 3.90. The van der Waals surface area contributed by atoms with Crippen LogP contribution in [-0.4, -0.2) is 45.1 Å². The smallest absolute Gasteiger partial charge is 0.406 e. The van der Waals surface area contributed by atoms with E-state index in [4.69, 9.17) is 25.7 Å². The largest absolute Gasteiger partial charge is 0.449 e. The van der Waals surface area contributed by atoms with Crippen molar-refractivity contribution in [1.29, 1.82) is 0 Å². The SMILES string of the molecule is CCC(COC(N)=O)(COC(N)=O)COC(=O)NC. The fourth-order valence-electron chi connectivity index (χ4n) is 1.17. The summed E-state index contributed by atoms with van der Waals surface area (Å²) >= 11 is 0. The lowest BCUT2D eigenvalue weighted by Crippen LogP contribution is -2.41. The van der Waals surface area contributed by atoms with Crippen LogP contribution < -0.4 is 16.8 Å². The van der Waals surface area contributed by atoms with Crippen molar-refractivity contribution >= 4 is 18.3 Å². The van der Waals surface area contributed by atoms with Gasteiger partial charge in [-0.05, 0) is 6.42 Å². The number of hydrogen-bond acceptors (Lipinski definition) is 6. The minimum Gasteiger partial charge on any atom is -0.449 e. The number of amides is 3. The Hall–Kier alpha value is -2.19. The highest BCUT2D eigenvalue weighted by molar-refractivity contribution is 5.67. The van der Waals surface area contributed by atoms with Gasteiger partial charge in [-0.15, -0.1) is 0 Å². The van der Waals surface area contributed by atoms with Crippen LogP contribution in [0.5, 0.6) is 0 Å². The molecular weight excluding hydrogens is 258 g/mol. The third kappa shape index (κ3) is 6.96. The van der Waals surface area contributed by atoms with E-state index in [2.05, 4.69) is 5.32 Å². The van der Waals surface area contributed by atoms with Gasteiger partial charge in [0.25, 0.3) is 0 Å². The van der Waals surface area contributed by atoms with E-state index in [-0.39, 0.29) is 19.8 Å². The fraction of sp³-hybridized carbons (Fsp3) is 0.700. The van der Waals surface area contributed by atoms with Gasteiger partial charge in [0.15, 0.2) is 0 Å². The number of nitrogens with one attached hydrogen (secondary N) is 1. The highest BCUT2D eigenvalue weighted by atomic mass is 16.6. The lowest BCUT2D eigenvalue weighted by Gasteiger charge is -2.30. The number of alkyl carbamates (subject to hydrolysis) is 1. The van der Waals surface area contributed by atoms with Gasteiger partial charge in [-0.3, -0.25) is 0 Å². The van der Waals surface area contributed by atoms with Gasteiger partial charge in [0.1, 0.15) is 19.8 Å². The molecule has 0 heterocycles. The van der Waals surface area contributed by atoms with E-state index in [9.17, 15) is 14.4 Å². The van der Waals surface area contributed by atoms with Gasteiger partial charge < -0.3 is 31.0 Å². The van der Waals surface area contributed by atoms with Crippen LogP contribution in [-0.2, 0) is 14.2 Å². The van der Waals surface area contributed by atoms with Crippen LogP contribution in [0.15, 0.2) is 0 Å². The average molecular weight is 277 g/mol. The summed E-state index contributed by atoms with van der Waals surface area (Å²) < 4.78 is 14.3. The van der Waals surface area contributed by atoms with Gasteiger partial charge in [-0.2, -0.15) is 0 Å². The highest BCUT2D eigenvalue weighted by Crippen LogP contribution is 2.24. The Morgan fingerprint density at radius 3 is 1.74 bits per heavy atom. The first-order valence-electron chi connectivity index (χ1n) is 5.54. The molecule has 9 nitrogen and oxygen atoms in total. The molecule has 0 spiro atoms. The van der Waals surface area contributed by atoms with Crippen molar-refractivity contribution in [1.82, 2.24) is 5.32 Å². The van der Waals surface area contributed by atoms with Crippen molar-refractivity contribution in [3.63, 3.8) is 0 Å². The number of ether oxygens (including phenoxy) is 3. The van der Waals surface area contributed by atoms with Crippen LogP contribution in [0.25, 0.3) is 0 Å². The zero-order valence-corrected chi connectivity index (χ0v) is 10.9. The maximum Gasteiger partial charge on any atom is 0.406 e. The maximum absolute atomic E-state index is 11.1. The van der Waals surface area contributed by atoms with Crippen LogP contribution in [0.3, 0.4) is 0 Å². The predicted molar refractivity (Wildman–Crippen MR) is 64.2 cm³/mol. The Bertz CT molecular complexity index is 315. The van der Waals surface area contributed by atoms with E-state index in [1.807, 2.05) is 0 Å². The lowest BCUT2D eigenvalue weighted by molar-refractivity contribution is -0.0141. The number of hydrogen-bond donors (Lipinski definition) is 3. The maximum atomic E-state index is 11.1. The van der Waals surface area contributed by atoms with Crippen LogP contribution in [0.4, 0.5) is 14.4 Å². The molecule has 0 aromatic rings. The molecule has 5 N–H and O–H groups in total. The van der Waals surface area contributed by atoms with Gasteiger partial charge in [0.05, 0.1) is 5.41 Å². The normalized spacial score (nSPS) is 10.4. The molecule has 110 valence electrons. The topological polar surface area (TPSA) is 143 Å². The molecule has 0 aliphatic rings. The predicted octanol–water partition coefficient (Wildman–Crippen LogP) is -0.0706. The zero-order chi connectivity index (χ0) is 14.9. The monoisotopic (exact) mass is 277 g/mol. The second kappa shape index (κ2) is 8.01. The van der Waals surface area contributed by atoms with Crippen LogP contribution >= 0.6 is 0 Å². The van der Waals surface area contributed by atoms with E-state index >= 15 is 0 Å². The lowest BCUT2D eigenvalue weighted by atomic mass is 9.88. The van der Waals surface area contributed by atoms with Crippen molar-refractivity contribution < 1.29 is 28.6 Å². The summed E-state index contributed by atoms with van der Waals surface area (Å²) in [5.41, 5.74) is 8.87. The number of carbonyl (C=O) groups excluding carboxylic acids is 3. The standard InChI is InChI=1S/C10H19N3O6/c1-3-10(4-17-7(11)14,5-18-8(12)15)6-19-9(16)13-2/h3-6H2,1-2H3,(H2,11,14)(H2,12,15)(H,13,16). The molecule has 0 saturated heterocycles. The van der Waals surface area contributed by atoms with Crippen molar-refractivity contribution in [3.05, 3.63) is 0 Å². The first-order valence-corrected chi connectivity index (χ1v) is 5.54. The molecule has 0 aliphatic heterocycles. The molecule has 0 radical (unpaired) electrons. The molecular formula is C10H19N3O6. The van der Waals surface area contributed by atoms with Gasteiger partial charge >= 0.3 is 18.3 Å². The van der Waals surface area contributed by atoms with E-state index in [0.29, 0.717) is 6.42 Å². The molecule has 0 atom stereocenters. The first kappa shape index (κ1) is 16.8. The molecule has 19 heavy (non-hydrogen) atoms. The Labute approximate surface area is 110 Å². The summed E-state index contributed by atoms with van der Waals surface area (Å²) in [6, 6.07) is 0. The summed E-state index contributed by atoms with van der Waals surface area (Å²) in [5, 5.41) is 2.27. The Balaban J connectivity index is 4.67. The van der Waals surface area contributed by atoms with Crippen molar-refractivity contribution in [2.45, 2.75) is 13.3 Å². The van der Waals surface area contributed by atoms with Crippen LogP contribution in [0.2, 0.25) is 0 Å². The fourth-order valence-corrected chi connectivity index (χ4v) is 1.17. The summed E-state index contributed by atoms with van der Waals surface area (Å²) in [5.74, 6) is 0. The molecule has 3 amide bonds. The zero-order valence-electron chi connectivity index (χ0n) is 10.9. The molecule has 0 bridgehead atoms. The van der Waals surface area contributed by atoms with Crippen molar-refractivity contribution in [2.75, 3.05) is 26.9 Å². The van der Waals surface area contributed by atoms with Gasteiger partial charge in [0, 0.05) is 7.05 Å². The Kier molecular flexibility index (Phi) is 7.08. The number of nitrogens with two attached hydrogens (primary N) is 2. The van der Waals surface area contributed by atoms with Crippen molar-refractivity contribution in [2.24, 2.45) is 16.9 Å². The number of primary amides is 2. The second-order valence-corrected chi connectivity index (χ2v) is 3.90. The summed E-state index contributed by atoms with van der Waals surface area (Å²) in [7, 11) is 1.40. The van der Waals surface area contributed by atoms with Crippen LogP contribution in [0, 0.1) is 5.41 Å². The molecule has 0 saturated carbocycles. The summed E-state index contributed by atoms with van der Waals surface area (Å²) in [6.07, 6.45) is -2.20. The molecule has 0 aromatic heterocycles. The minimum absolute atomic E-state index is 0.121. The van der Waals surface area contributed by atoms with Crippen molar-refractivity contribution in [3.8, 4) is 0 Å². The van der Waals surface area contributed by atoms with E-state index in [0.717, 1.165) is 0 Å². The molecule has 0 aromatic carbocycles. The van der Waals surface area contributed by atoms with E-state index in [1.165, 1.54) is 7.05 Å². The number of carbonyl (C=O) groups is 3. The van der Waals surface area contributed by atoms with Crippen LogP contribution in [0.1, 0.15) is 13.3 Å². The molecule has 0 rings (SSSR count). The molecule has 0 aliphatic carbocycles. The summed E-state index contributed by atoms with van der Waals surface area (Å²) in [4.78, 5) is 32.3. The van der Waals surface area contributed by atoms with E-state index < -0.39 is 23.7 Å². The Morgan fingerprint density at radius 2 is 1.42 bits per heavy atom. The van der Waals surface area contributed by atoms with Gasteiger partial charge in [0.2, 0.25) is 0 Å². The number of rotatable bonds is 7. The molecule has 9 heteroatoms. The Morgan fingerprint density at radius 1 is 1.00 bits per heavy atom. The van der Waals surface area contributed by atoms with Gasteiger partial charge in [-0.1, -0.05) is 6.92 Å². The quantitative estimate of drug-likeness (QED) is 0.556. The average Bonchev–Trinajstić information content (AvgIpc) is 2.37. The van der Waals surface area contributed by atoms with Gasteiger partial charge in [-0.25, -0.2) is 14.4 Å². The minimum atomic E-state index is -0.975. The molecule has 0 unspecified atom stereocenters. The third-order valence-corrected chi connectivity index (χ3v) is 2.50. The third-order valence-electron chi connectivity index (χ3n) is 2.50. The molecule has 0 fully saturated rings.